The summed E-state index contributed by atoms with van der Waals surface area (Å²) in [6.07, 6.45) is 2.40. The molecule has 15 heavy (non-hydrogen) atoms. The van der Waals surface area contributed by atoms with Crippen molar-refractivity contribution in [2.45, 2.75) is 26.7 Å². The van der Waals surface area contributed by atoms with E-state index < -0.39 is 0 Å². The third kappa shape index (κ3) is 2.47. The van der Waals surface area contributed by atoms with Crippen molar-refractivity contribution in [3.05, 3.63) is 35.9 Å². The average Bonchev–Trinajstić information content (AvgIpc) is 2.67. The Morgan fingerprint density at radius 3 is 2.67 bits per heavy atom. The normalized spacial score (nSPS) is 20.7. The highest BCUT2D eigenvalue weighted by atomic mass is 14.8. The van der Waals surface area contributed by atoms with E-state index in [-0.39, 0.29) is 0 Å². The van der Waals surface area contributed by atoms with Crippen molar-refractivity contribution in [1.29, 1.82) is 0 Å². The minimum Gasteiger partial charge on any atom is -0.294 e. The highest BCUT2D eigenvalue weighted by molar-refractivity contribution is 5.90. The van der Waals surface area contributed by atoms with Crippen LogP contribution in [-0.4, -0.2) is 12.3 Å². The predicted molar refractivity (Wildman–Crippen MR) is 65.4 cm³/mol. The van der Waals surface area contributed by atoms with Gasteiger partial charge in [0.2, 0.25) is 0 Å². The second-order valence-corrected chi connectivity index (χ2v) is 4.64. The van der Waals surface area contributed by atoms with Gasteiger partial charge in [0.15, 0.2) is 0 Å². The molecule has 0 aromatic heterocycles. The molecule has 0 saturated carbocycles. The fraction of sp³-hybridized carbons (Fsp3) is 0.500. The zero-order chi connectivity index (χ0) is 10.7. The lowest BCUT2D eigenvalue weighted by Crippen LogP contribution is -2.18. The van der Waals surface area contributed by atoms with E-state index in [2.05, 4.69) is 49.2 Å². The fourth-order valence-electron chi connectivity index (χ4n) is 2.39. The molecule has 1 atom stereocenters. The molecule has 0 saturated heterocycles. The maximum Gasteiger partial charge on any atom is 0.0395 e. The van der Waals surface area contributed by atoms with Crippen LogP contribution in [0.15, 0.2) is 35.3 Å². The fourth-order valence-corrected chi connectivity index (χ4v) is 2.39. The zero-order valence-corrected chi connectivity index (χ0v) is 9.61. The van der Waals surface area contributed by atoms with Gasteiger partial charge in [0.05, 0.1) is 0 Å². The largest absolute Gasteiger partial charge is 0.294 e. The Morgan fingerprint density at radius 1 is 1.27 bits per heavy atom. The number of benzene rings is 1. The molecular formula is C14H19N. The molecule has 0 amide bonds. The molecule has 1 heterocycles. The van der Waals surface area contributed by atoms with E-state index in [0.717, 1.165) is 13.0 Å². The molecule has 80 valence electrons. The van der Waals surface area contributed by atoms with Crippen molar-refractivity contribution in [3.63, 3.8) is 0 Å². The van der Waals surface area contributed by atoms with Crippen LogP contribution in [0, 0.1) is 11.8 Å². The number of rotatable bonds is 3. The maximum atomic E-state index is 4.63. The highest BCUT2D eigenvalue weighted by Gasteiger charge is 2.23. The smallest absolute Gasteiger partial charge is 0.0395 e. The van der Waals surface area contributed by atoms with Gasteiger partial charge < -0.3 is 0 Å². The molecule has 0 bridgehead atoms. The summed E-state index contributed by atoms with van der Waals surface area (Å²) in [5.74, 6) is 1.30. The maximum absolute atomic E-state index is 4.63. The highest BCUT2D eigenvalue weighted by Crippen LogP contribution is 2.23. The van der Waals surface area contributed by atoms with Gasteiger partial charge in [-0.05, 0) is 24.3 Å². The average molecular weight is 201 g/mol. The summed E-state index contributed by atoms with van der Waals surface area (Å²) >= 11 is 0. The van der Waals surface area contributed by atoms with Gasteiger partial charge in [-0.1, -0.05) is 44.2 Å². The Balaban J connectivity index is 2.04. The van der Waals surface area contributed by atoms with Crippen LogP contribution < -0.4 is 0 Å². The summed E-state index contributed by atoms with van der Waals surface area (Å²) < 4.78 is 0. The van der Waals surface area contributed by atoms with Gasteiger partial charge in [-0.25, -0.2) is 0 Å². The van der Waals surface area contributed by atoms with Crippen LogP contribution in [0.5, 0.6) is 0 Å². The summed E-state index contributed by atoms with van der Waals surface area (Å²) in [6.45, 7) is 5.54. The number of hydrogen-bond donors (Lipinski definition) is 0. The summed E-state index contributed by atoms with van der Waals surface area (Å²) in [5, 5.41) is 0. The minimum absolute atomic E-state index is 0.612. The Hall–Kier alpha value is -1.11. The van der Waals surface area contributed by atoms with Gasteiger partial charge >= 0.3 is 0 Å². The first-order valence-electron chi connectivity index (χ1n) is 5.85. The Morgan fingerprint density at radius 2 is 2.00 bits per heavy atom. The quantitative estimate of drug-likeness (QED) is 0.711. The van der Waals surface area contributed by atoms with Crippen molar-refractivity contribution in [2.75, 3.05) is 6.54 Å². The Bertz CT molecular complexity index is 338. The van der Waals surface area contributed by atoms with Gasteiger partial charge in [0, 0.05) is 18.2 Å². The predicted octanol–water partition coefficient (Wildman–Crippen LogP) is 3.35. The third-order valence-electron chi connectivity index (χ3n) is 3.11. The lowest BCUT2D eigenvalue weighted by atomic mass is 9.88. The molecule has 1 heteroatoms. The second-order valence-electron chi connectivity index (χ2n) is 4.64. The molecular weight excluding hydrogens is 182 g/mol. The Labute approximate surface area is 92.2 Å². The standard InChI is InChI=1S/C14H19N/c1-11(2)14-13(8-9-15-14)10-12-6-4-3-5-7-12/h3-7,11,13H,8-10H2,1-2H3. The van der Waals surface area contributed by atoms with E-state index in [1.165, 1.54) is 17.7 Å². The van der Waals surface area contributed by atoms with Crippen molar-refractivity contribution in [3.8, 4) is 0 Å². The molecule has 0 fully saturated rings. The number of hydrogen-bond acceptors (Lipinski definition) is 1. The minimum atomic E-state index is 0.612. The first-order chi connectivity index (χ1) is 7.27. The number of nitrogens with zero attached hydrogens (tertiary/aromatic N) is 1. The second kappa shape index (κ2) is 4.61. The van der Waals surface area contributed by atoms with Crippen LogP contribution in [0.2, 0.25) is 0 Å². The molecule has 1 aliphatic rings. The van der Waals surface area contributed by atoms with Crippen LogP contribution in [0.3, 0.4) is 0 Å². The molecule has 1 aromatic rings. The van der Waals surface area contributed by atoms with E-state index in [1.807, 2.05) is 0 Å². The molecule has 0 radical (unpaired) electrons. The van der Waals surface area contributed by atoms with Crippen molar-refractivity contribution in [2.24, 2.45) is 16.8 Å². The third-order valence-corrected chi connectivity index (χ3v) is 3.11. The van der Waals surface area contributed by atoms with Crippen LogP contribution in [0.25, 0.3) is 0 Å². The first kappa shape index (κ1) is 10.4. The van der Waals surface area contributed by atoms with Crippen molar-refractivity contribution < 1.29 is 0 Å². The van der Waals surface area contributed by atoms with Gasteiger partial charge in [0.25, 0.3) is 0 Å². The number of aliphatic imine (C=N–C) groups is 1. The zero-order valence-electron chi connectivity index (χ0n) is 9.61. The van der Waals surface area contributed by atoms with Gasteiger partial charge in [-0.15, -0.1) is 0 Å². The van der Waals surface area contributed by atoms with Gasteiger partial charge in [-0.2, -0.15) is 0 Å². The first-order valence-corrected chi connectivity index (χ1v) is 5.85. The summed E-state index contributed by atoms with van der Waals surface area (Å²) in [6, 6.07) is 10.8. The molecule has 1 unspecified atom stereocenters. The molecule has 2 rings (SSSR count). The van der Waals surface area contributed by atoms with Gasteiger partial charge in [0.1, 0.15) is 0 Å². The van der Waals surface area contributed by atoms with Crippen molar-refractivity contribution in [1.82, 2.24) is 0 Å². The summed E-state index contributed by atoms with van der Waals surface area (Å²) in [5.41, 5.74) is 2.87. The molecule has 0 N–H and O–H groups in total. The monoisotopic (exact) mass is 201 g/mol. The van der Waals surface area contributed by atoms with Crippen LogP contribution in [0.4, 0.5) is 0 Å². The van der Waals surface area contributed by atoms with E-state index in [4.69, 9.17) is 0 Å². The molecule has 1 aromatic carbocycles. The SMILES string of the molecule is CC(C)C1=NCCC1Cc1ccccc1. The molecule has 0 aliphatic carbocycles. The Kier molecular flexibility index (Phi) is 3.20. The summed E-state index contributed by atoms with van der Waals surface area (Å²) in [4.78, 5) is 4.63. The lowest BCUT2D eigenvalue weighted by molar-refractivity contribution is 0.648. The molecule has 1 nitrogen and oxygen atoms in total. The van der Waals surface area contributed by atoms with Crippen LogP contribution in [-0.2, 0) is 6.42 Å². The van der Waals surface area contributed by atoms with Gasteiger partial charge in [-0.3, -0.25) is 4.99 Å². The van der Waals surface area contributed by atoms with E-state index in [1.54, 1.807) is 0 Å². The van der Waals surface area contributed by atoms with E-state index in [9.17, 15) is 0 Å². The van der Waals surface area contributed by atoms with Crippen LogP contribution in [0.1, 0.15) is 25.8 Å². The van der Waals surface area contributed by atoms with Crippen molar-refractivity contribution >= 4 is 5.71 Å². The lowest BCUT2D eigenvalue weighted by Gasteiger charge is -2.15. The van der Waals surface area contributed by atoms with E-state index >= 15 is 0 Å². The van der Waals surface area contributed by atoms with Crippen LogP contribution >= 0.6 is 0 Å². The topological polar surface area (TPSA) is 12.4 Å². The van der Waals surface area contributed by atoms with E-state index in [0.29, 0.717) is 11.8 Å². The summed E-state index contributed by atoms with van der Waals surface area (Å²) in [7, 11) is 0. The molecule has 0 spiro atoms. The molecule has 1 aliphatic heterocycles.